The Morgan fingerprint density at radius 3 is 2.67 bits per heavy atom. The van der Waals surface area contributed by atoms with Crippen molar-refractivity contribution in [1.82, 2.24) is 9.55 Å². The number of nitrogens with zero attached hydrogens (tertiary/aromatic N) is 2. The van der Waals surface area contributed by atoms with Gasteiger partial charge < -0.3 is 14.8 Å². The molecule has 2 aromatic heterocycles. The molecule has 0 spiro atoms. The summed E-state index contributed by atoms with van der Waals surface area (Å²) >= 11 is 1.10. The zero-order chi connectivity index (χ0) is 21.8. The molecule has 2 heterocycles. The van der Waals surface area contributed by atoms with Gasteiger partial charge in [0.1, 0.15) is 22.4 Å². The summed E-state index contributed by atoms with van der Waals surface area (Å²) < 4.78 is 11.3. The van der Waals surface area contributed by atoms with Gasteiger partial charge in [0.25, 0.3) is 5.56 Å². The molecule has 0 aliphatic heterocycles. The maximum Gasteiger partial charge on any atom is 0.348 e. The SMILES string of the molecule is COCCOC(=O)c1sc2ncn(C(C)C(=O)Nc3ccccc3C)c(=O)c2c1C. The topological polar surface area (TPSA) is 99.5 Å². The molecule has 0 aliphatic rings. The van der Waals surface area contributed by atoms with Crippen molar-refractivity contribution < 1.29 is 19.1 Å². The lowest BCUT2D eigenvalue weighted by molar-refractivity contribution is -0.118. The monoisotopic (exact) mass is 429 g/mol. The lowest BCUT2D eigenvalue weighted by atomic mass is 10.2. The van der Waals surface area contributed by atoms with Crippen LogP contribution in [0.4, 0.5) is 5.69 Å². The second-order valence-electron chi connectivity index (χ2n) is 6.80. The molecule has 30 heavy (non-hydrogen) atoms. The summed E-state index contributed by atoms with van der Waals surface area (Å²) in [5, 5.41) is 3.16. The lowest BCUT2D eigenvalue weighted by Crippen LogP contribution is -2.32. The number of thiophene rings is 1. The Bertz CT molecular complexity index is 1150. The Balaban J connectivity index is 1.90. The average Bonchev–Trinajstić information content (AvgIpc) is 3.07. The summed E-state index contributed by atoms with van der Waals surface area (Å²) in [6.45, 7) is 5.61. The van der Waals surface area contributed by atoms with E-state index in [1.54, 1.807) is 19.9 Å². The van der Waals surface area contributed by atoms with E-state index in [9.17, 15) is 14.4 Å². The van der Waals surface area contributed by atoms with Gasteiger partial charge in [0.2, 0.25) is 5.91 Å². The van der Waals surface area contributed by atoms with E-state index in [1.807, 2.05) is 25.1 Å². The van der Waals surface area contributed by atoms with Gasteiger partial charge in [-0.15, -0.1) is 11.3 Å². The minimum atomic E-state index is -0.787. The molecule has 0 fully saturated rings. The van der Waals surface area contributed by atoms with Crippen LogP contribution in [0.5, 0.6) is 0 Å². The van der Waals surface area contributed by atoms with E-state index in [2.05, 4.69) is 10.3 Å². The van der Waals surface area contributed by atoms with Crippen molar-refractivity contribution in [2.75, 3.05) is 25.6 Å². The van der Waals surface area contributed by atoms with Crippen molar-refractivity contribution >= 4 is 39.1 Å². The van der Waals surface area contributed by atoms with Crippen LogP contribution in [0.15, 0.2) is 35.4 Å². The number of aryl methyl sites for hydroxylation is 2. The van der Waals surface area contributed by atoms with Crippen LogP contribution in [0, 0.1) is 13.8 Å². The predicted octanol–water partition coefficient (Wildman–Crippen LogP) is 3.08. The molecule has 158 valence electrons. The number of anilines is 1. The van der Waals surface area contributed by atoms with Gasteiger partial charge in [0.15, 0.2) is 0 Å². The number of para-hydroxylation sites is 1. The number of amides is 1. The van der Waals surface area contributed by atoms with Crippen LogP contribution in [-0.4, -0.2) is 41.8 Å². The van der Waals surface area contributed by atoms with Gasteiger partial charge in [-0.25, -0.2) is 9.78 Å². The van der Waals surface area contributed by atoms with Crippen molar-refractivity contribution in [3.05, 3.63) is 57.0 Å². The van der Waals surface area contributed by atoms with Crippen molar-refractivity contribution in [3.63, 3.8) is 0 Å². The number of nitrogens with one attached hydrogen (secondary N) is 1. The van der Waals surface area contributed by atoms with E-state index in [-0.39, 0.29) is 24.7 Å². The number of benzene rings is 1. The Kier molecular flexibility index (Phi) is 6.63. The third-order valence-electron chi connectivity index (χ3n) is 4.78. The fourth-order valence-corrected chi connectivity index (χ4v) is 4.00. The number of methoxy groups -OCH3 is 1. The second kappa shape index (κ2) is 9.19. The van der Waals surface area contributed by atoms with E-state index in [0.29, 0.717) is 26.3 Å². The number of fused-ring (bicyclic) bond motifs is 1. The molecular weight excluding hydrogens is 406 g/mol. The second-order valence-corrected chi connectivity index (χ2v) is 7.80. The van der Waals surface area contributed by atoms with Crippen LogP contribution in [0.3, 0.4) is 0 Å². The number of hydrogen-bond donors (Lipinski definition) is 1. The summed E-state index contributed by atoms with van der Waals surface area (Å²) in [6, 6.07) is 6.62. The molecule has 3 rings (SSSR count). The van der Waals surface area contributed by atoms with Gasteiger partial charge in [-0.2, -0.15) is 0 Å². The van der Waals surface area contributed by atoms with Gasteiger partial charge in [0.05, 0.1) is 18.3 Å². The highest BCUT2D eigenvalue weighted by atomic mass is 32.1. The normalized spacial score (nSPS) is 12.0. The summed E-state index contributed by atoms with van der Waals surface area (Å²) in [5.41, 5.74) is 1.72. The van der Waals surface area contributed by atoms with Crippen LogP contribution in [0.25, 0.3) is 10.2 Å². The molecule has 0 aliphatic carbocycles. The Morgan fingerprint density at radius 2 is 1.97 bits per heavy atom. The Labute approximate surface area is 177 Å². The first-order valence-electron chi connectivity index (χ1n) is 9.38. The molecule has 3 aromatic rings. The predicted molar refractivity (Wildman–Crippen MR) is 115 cm³/mol. The summed E-state index contributed by atoms with van der Waals surface area (Å²) in [7, 11) is 1.52. The number of rotatable bonds is 7. The molecule has 1 N–H and O–H groups in total. The Morgan fingerprint density at radius 1 is 1.23 bits per heavy atom. The van der Waals surface area contributed by atoms with Gasteiger partial charge >= 0.3 is 5.97 Å². The van der Waals surface area contributed by atoms with E-state index >= 15 is 0 Å². The molecule has 1 amide bonds. The van der Waals surface area contributed by atoms with Crippen LogP contribution in [-0.2, 0) is 14.3 Å². The summed E-state index contributed by atoms with van der Waals surface area (Å²) in [6.07, 6.45) is 1.34. The number of esters is 1. The Hall–Kier alpha value is -3.04. The van der Waals surface area contributed by atoms with E-state index in [1.165, 1.54) is 18.0 Å². The molecule has 1 unspecified atom stereocenters. The third-order valence-corrected chi connectivity index (χ3v) is 5.96. The van der Waals surface area contributed by atoms with Crippen LogP contribution in [0.1, 0.15) is 33.8 Å². The molecule has 0 radical (unpaired) electrons. The molecule has 0 saturated carbocycles. The summed E-state index contributed by atoms with van der Waals surface area (Å²) in [4.78, 5) is 43.2. The number of hydrogen-bond acceptors (Lipinski definition) is 7. The number of aromatic nitrogens is 2. The molecule has 9 heteroatoms. The maximum absolute atomic E-state index is 13.1. The van der Waals surface area contributed by atoms with E-state index < -0.39 is 12.0 Å². The van der Waals surface area contributed by atoms with Crippen molar-refractivity contribution in [3.8, 4) is 0 Å². The molecule has 0 saturated heterocycles. The first-order valence-corrected chi connectivity index (χ1v) is 10.2. The number of carbonyl (C=O) groups is 2. The summed E-state index contributed by atoms with van der Waals surface area (Å²) in [5.74, 6) is -0.858. The average molecular weight is 429 g/mol. The lowest BCUT2D eigenvalue weighted by Gasteiger charge is -2.16. The van der Waals surface area contributed by atoms with E-state index in [0.717, 1.165) is 16.9 Å². The molecular formula is C21H23N3O5S. The first kappa shape index (κ1) is 21.7. The van der Waals surface area contributed by atoms with Crippen LogP contribution < -0.4 is 10.9 Å². The quantitative estimate of drug-likeness (QED) is 0.458. The van der Waals surface area contributed by atoms with Gasteiger partial charge in [-0.3, -0.25) is 14.2 Å². The first-order chi connectivity index (χ1) is 14.3. The maximum atomic E-state index is 13.1. The van der Waals surface area contributed by atoms with E-state index in [4.69, 9.17) is 9.47 Å². The fraction of sp³-hybridized carbons (Fsp3) is 0.333. The van der Waals surface area contributed by atoms with Crippen molar-refractivity contribution in [2.24, 2.45) is 0 Å². The molecule has 8 nitrogen and oxygen atoms in total. The van der Waals surface area contributed by atoms with Gasteiger partial charge in [0, 0.05) is 12.8 Å². The highest BCUT2D eigenvalue weighted by molar-refractivity contribution is 7.20. The molecule has 0 bridgehead atoms. The van der Waals surface area contributed by atoms with Gasteiger partial charge in [-0.1, -0.05) is 18.2 Å². The third kappa shape index (κ3) is 4.27. The molecule has 1 atom stereocenters. The highest BCUT2D eigenvalue weighted by Gasteiger charge is 2.23. The minimum absolute atomic E-state index is 0.122. The number of carbonyl (C=O) groups excluding carboxylic acids is 2. The highest BCUT2D eigenvalue weighted by Crippen LogP contribution is 2.28. The van der Waals surface area contributed by atoms with Crippen molar-refractivity contribution in [2.45, 2.75) is 26.8 Å². The standard InChI is InChI=1S/C21H23N3O5S/c1-12-7-5-6-8-15(12)23-18(25)14(3)24-11-22-19-16(20(24)26)13(2)17(30-19)21(27)29-10-9-28-4/h5-8,11,14H,9-10H2,1-4H3,(H,23,25). The zero-order valence-electron chi connectivity index (χ0n) is 17.2. The smallest absolute Gasteiger partial charge is 0.348 e. The fourth-order valence-electron chi connectivity index (χ4n) is 2.97. The van der Waals surface area contributed by atoms with Gasteiger partial charge in [-0.05, 0) is 38.0 Å². The van der Waals surface area contributed by atoms with Crippen LogP contribution in [0.2, 0.25) is 0 Å². The largest absolute Gasteiger partial charge is 0.459 e. The minimum Gasteiger partial charge on any atom is -0.459 e. The van der Waals surface area contributed by atoms with Crippen molar-refractivity contribution in [1.29, 1.82) is 0 Å². The zero-order valence-corrected chi connectivity index (χ0v) is 18.0. The molecule has 1 aromatic carbocycles. The number of ether oxygens (including phenoxy) is 2. The van der Waals surface area contributed by atoms with Crippen LogP contribution >= 0.6 is 11.3 Å².